The van der Waals surface area contributed by atoms with E-state index >= 15 is 0 Å². The maximum atomic E-state index is 4.71. The van der Waals surface area contributed by atoms with E-state index in [0.29, 0.717) is 0 Å². The number of aromatic nitrogens is 2. The normalized spacial score (nSPS) is 17.1. The van der Waals surface area contributed by atoms with Gasteiger partial charge in [-0.2, -0.15) is 0 Å². The van der Waals surface area contributed by atoms with Crippen LogP contribution < -0.4 is 10.2 Å². The van der Waals surface area contributed by atoms with E-state index in [1.807, 2.05) is 0 Å². The lowest BCUT2D eigenvalue weighted by Gasteiger charge is -2.33. The summed E-state index contributed by atoms with van der Waals surface area (Å²) in [6.07, 6.45) is 5.92. The second-order valence-electron chi connectivity index (χ2n) is 5.61. The second kappa shape index (κ2) is 6.94. The van der Waals surface area contributed by atoms with Gasteiger partial charge in [-0.25, -0.2) is 4.98 Å². The number of hydrogen-bond donors (Lipinski definition) is 1. The summed E-state index contributed by atoms with van der Waals surface area (Å²) in [5, 5.41) is 3.47. The van der Waals surface area contributed by atoms with E-state index < -0.39 is 0 Å². The molecule has 2 heterocycles. The molecule has 4 heteroatoms. The van der Waals surface area contributed by atoms with Crippen LogP contribution in [0.5, 0.6) is 0 Å². The van der Waals surface area contributed by atoms with Crippen molar-refractivity contribution in [3.05, 3.63) is 11.9 Å². The van der Waals surface area contributed by atoms with Crippen molar-refractivity contribution in [3.8, 4) is 0 Å². The number of anilines is 1. The van der Waals surface area contributed by atoms with Crippen LogP contribution in [0.1, 0.15) is 38.8 Å². The molecule has 1 fully saturated rings. The van der Waals surface area contributed by atoms with Gasteiger partial charge in [0.1, 0.15) is 0 Å². The smallest absolute Gasteiger partial charge is 0.205 e. The molecule has 0 radical (unpaired) electrons. The highest BCUT2D eigenvalue weighted by Gasteiger charge is 2.22. The molecular weight excluding hydrogens is 236 g/mol. The van der Waals surface area contributed by atoms with Gasteiger partial charge in [-0.1, -0.05) is 13.8 Å². The van der Waals surface area contributed by atoms with Crippen LogP contribution in [0.15, 0.2) is 6.20 Å². The molecule has 1 aliphatic heterocycles. The zero-order valence-corrected chi connectivity index (χ0v) is 12.7. The predicted molar refractivity (Wildman–Crippen MR) is 80.7 cm³/mol. The zero-order chi connectivity index (χ0) is 13.7. The van der Waals surface area contributed by atoms with Crippen molar-refractivity contribution in [2.75, 3.05) is 31.1 Å². The van der Waals surface area contributed by atoms with Crippen LogP contribution in [0.4, 0.5) is 5.95 Å². The third kappa shape index (κ3) is 3.72. The Labute approximate surface area is 117 Å². The Balaban J connectivity index is 1.93. The topological polar surface area (TPSA) is 33.1 Å². The molecule has 0 amide bonds. The Morgan fingerprint density at radius 1 is 1.32 bits per heavy atom. The van der Waals surface area contributed by atoms with Gasteiger partial charge in [-0.3, -0.25) is 0 Å². The average molecular weight is 264 g/mol. The van der Waals surface area contributed by atoms with Crippen molar-refractivity contribution in [1.82, 2.24) is 14.9 Å². The fourth-order valence-electron chi connectivity index (χ4n) is 2.88. The Morgan fingerprint density at radius 3 is 2.68 bits per heavy atom. The summed E-state index contributed by atoms with van der Waals surface area (Å²) in [6, 6.07) is 0. The molecule has 0 atom stereocenters. The summed E-state index contributed by atoms with van der Waals surface area (Å²) >= 11 is 0. The SMILES string of the molecule is CCCn1cc(C)nc1N1CCC(CNCC)CC1. The van der Waals surface area contributed by atoms with Crippen LogP contribution in [0.3, 0.4) is 0 Å². The van der Waals surface area contributed by atoms with Crippen LogP contribution in [0.2, 0.25) is 0 Å². The molecule has 4 nitrogen and oxygen atoms in total. The van der Waals surface area contributed by atoms with Crippen molar-refractivity contribution in [2.24, 2.45) is 5.92 Å². The maximum absolute atomic E-state index is 4.71. The fraction of sp³-hybridized carbons (Fsp3) is 0.800. The third-order valence-electron chi connectivity index (χ3n) is 3.92. The van der Waals surface area contributed by atoms with E-state index in [1.54, 1.807) is 0 Å². The molecule has 0 aromatic carbocycles. The van der Waals surface area contributed by atoms with E-state index in [2.05, 4.69) is 41.8 Å². The summed E-state index contributed by atoms with van der Waals surface area (Å²) in [6.45, 7) is 12.1. The van der Waals surface area contributed by atoms with Gasteiger partial charge in [-0.15, -0.1) is 0 Å². The Morgan fingerprint density at radius 2 is 2.05 bits per heavy atom. The summed E-state index contributed by atoms with van der Waals surface area (Å²) < 4.78 is 2.32. The molecule has 0 spiro atoms. The molecular formula is C15H28N4. The average Bonchev–Trinajstić information content (AvgIpc) is 2.78. The summed E-state index contributed by atoms with van der Waals surface area (Å²) in [4.78, 5) is 7.18. The van der Waals surface area contributed by atoms with E-state index in [9.17, 15) is 0 Å². The minimum absolute atomic E-state index is 0.840. The summed E-state index contributed by atoms with van der Waals surface area (Å²) in [5.41, 5.74) is 1.14. The van der Waals surface area contributed by atoms with Crippen molar-refractivity contribution >= 4 is 5.95 Å². The minimum Gasteiger partial charge on any atom is -0.342 e. The van der Waals surface area contributed by atoms with E-state index in [0.717, 1.165) is 37.8 Å². The molecule has 0 unspecified atom stereocenters. The Bertz CT molecular complexity index is 377. The highest BCUT2D eigenvalue weighted by molar-refractivity contribution is 5.34. The first-order valence-corrected chi connectivity index (χ1v) is 7.74. The van der Waals surface area contributed by atoms with Gasteiger partial charge in [-0.05, 0) is 45.2 Å². The maximum Gasteiger partial charge on any atom is 0.205 e. The van der Waals surface area contributed by atoms with Crippen molar-refractivity contribution < 1.29 is 0 Å². The zero-order valence-electron chi connectivity index (χ0n) is 12.7. The molecule has 0 aliphatic carbocycles. The molecule has 1 aromatic heterocycles. The van der Waals surface area contributed by atoms with Crippen molar-refractivity contribution in [3.63, 3.8) is 0 Å². The lowest BCUT2D eigenvalue weighted by Crippen LogP contribution is -2.38. The predicted octanol–water partition coefficient (Wildman–Crippen LogP) is 2.43. The molecule has 0 saturated carbocycles. The number of nitrogens with zero attached hydrogens (tertiary/aromatic N) is 3. The first-order chi connectivity index (χ1) is 9.24. The van der Waals surface area contributed by atoms with Crippen LogP contribution in [0, 0.1) is 12.8 Å². The molecule has 1 N–H and O–H groups in total. The molecule has 19 heavy (non-hydrogen) atoms. The molecule has 1 saturated heterocycles. The first-order valence-electron chi connectivity index (χ1n) is 7.74. The second-order valence-corrected chi connectivity index (χ2v) is 5.61. The number of hydrogen-bond acceptors (Lipinski definition) is 3. The standard InChI is InChI=1S/C15H28N4/c1-4-8-19-12-13(3)17-15(19)18-9-6-14(7-10-18)11-16-5-2/h12,14,16H,4-11H2,1-3H3. The molecule has 108 valence electrons. The van der Waals surface area contributed by atoms with E-state index in [1.165, 1.54) is 31.8 Å². The highest BCUT2D eigenvalue weighted by Crippen LogP contribution is 2.22. The van der Waals surface area contributed by atoms with Crippen LogP contribution in [0.25, 0.3) is 0 Å². The quantitative estimate of drug-likeness (QED) is 0.856. The molecule has 2 rings (SSSR count). The minimum atomic E-state index is 0.840. The number of nitrogens with one attached hydrogen (secondary N) is 1. The number of imidazole rings is 1. The van der Waals surface area contributed by atoms with Gasteiger partial charge >= 0.3 is 0 Å². The number of rotatable bonds is 6. The largest absolute Gasteiger partial charge is 0.342 e. The summed E-state index contributed by atoms with van der Waals surface area (Å²) in [5.74, 6) is 2.02. The number of piperidine rings is 1. The van der Waals surface area contributed by atoms with E-state index in [4.69, 9.17) is 4.98 Å². The van der Waals surface area contributed by atoms with E-state index in [-0.39, 0.29) is 0 Å². The van der Waals surface area contributed by atoms with Gasteiger partial charge in [0, 0.05) is 25.8 Å². The van der Waals surface area contributed by atoms with Crippen LogP contribution in [-0.2, 0) is 6.54 Å². The molecule has 1 aromatic rings. The Kier molecular flexibility index (Phi) is 5.25. The monoisotopic (exact) mass is 264 g/mol. The lowest BCUT2D eigenvalue weighted by molar-refractivity contribution is 0.382. The molecule has 0 bridgehead atoms. The van der Waals surface area contributed by atoms with Gasteiger partial charge in [0.2, 0.25) is 5.95 Å². The van der Waals surface area contributed by atoms with Gasteiger partial charge in [0.05, 0.1) is 5.69 Å². The summed E-state index contributed by atoms with van der Waals surface area (Å²) in [7, 11) is 0. The first kappa shape index (κ1) is 14.4. The van der Waals surface area contributed by atoms with Crippen LogP contribution in [-0.4, -0.2) is 35.7 Å². The van der Waals surface area contributed by atoms with Gasteiger partial charge in [0.15, 0.2) is 0 Å². The Hall–Kier alpha value is -1.03. The van der Waals surface area contributed by atoms with Crippen molar-refractivity contribution in [1.29, 1.82) is 0 Å². The molecule has 1 aliphatic rings. The van der Waals surface area contributed by atoms with Gasteiger partial charge in [0.25, 0.3) is 0 Å². The highest BCUT2D eigenvalue weighted by atomic mass is 15.3. The van der Waals surface area contributed by atoms with Gasteiger partial charge < -0.3 is 14.8 Å². The van der Waals surface area contributed by atoms with Crippen LogP contribution >= 0.6 is 0 Å². The third-order valence-corrected chi connectivity index (χ3v) is 3.92. The lowest BCUT2D eigenvalue weighted by atomic mass is 9.97. The fourth-order valence-corrected chi connectivity index (χ4v) is 2.88. The van der Waals surface area contributed by atoms with Crippen molar-refractivity contribution in [2.45, 2.75) is 46.6 Å². The number of aryl methyl sites for hydroxylation is 2.